The van der Waals surface area contributed by atoms with E-state index < -0.39 is 0 Å². The predicted molar refractivity (Wildman–Crippen MR) is 70.0 cm³/mol. The number of nitrogens with one attached hydrogen (secondary N) is 1. The van der Waals surface area contributed by atoms with Gasteiger partial charge >= 0.3 is 0 Å². The van der Waals surface area contributed by atoms with Gasteiger partial charge in [0, 0.05) is 19.0 Å². The van der Waals surface area contributed by atoms with Gasteiger partial charge in [0.05, 0.1) is 0 Å². The van der Waals surface area contributed by atoms with Crippen molar-refractivity contribution in [3.8, 4) is 0 Å². The summed E-state index contributed by atoms with van der Waals surface area (Å²) in [6, 6.07) is 0.446. The Hall–Kier alpha value is -0.280. The van der Waals surface area contributed by atoms with Crippen LogP contribution < -0.4 is 5.32 Å². The van der Waals surface area contributed by atoms with Gasteiger partial charge in [-0.3, -0.25) is 4.79 Å². The number of amides is 1. The normalized spacial score (nSPS) is 22.8. The third-order valence-corrected chi connectivity index (χ3v) is 3.47. The molecule has 1 aliphatic rings. The van der Waals surface area contributed by atoms with E-state index in [0.29, 0.717) is 11.9 Å². The summed E-state index contributed by atoms with van der Waals surface area (Å²) >= 11 is 0. The van der Waals surface area contributed by atoms with Crippen LogP contribution in [-0.2, 0) is 4.79 Å². The van der Waals surface area contributed by atoms with Crippen molar-refractivity contribution in [3.63, 3.8) is 0 Å². The van der Waals surface area contributed by atoms with Crippen LogP contribution in [0.5, 0.6) is 0 Å². The molecule has 1 amide bonds. The molecule has 0 aromatic rings. The third kappa shape index (κ3) is 4.30. The van der Waals surface area contributed by atoms with Crippen molar-refractivity contribution >= 4 is 18.3 Å². The van der Waals surface area contributed by atoms with Crippen LogP contribution in [0.1, 0.15) is 39.5 Å². The van der Waals surface area contributed by atoms with Crippen molar-refractivity contribution in [1.29, 1.82) is 0 Å². The maximum atomic E-state index is 12.0. The zero-order valence-electron chi connectivity index (χ0n) is 10.7. The minimum Gasteiger partial charge on any atom is -0.342 e. The molecule has 1 N–H and O–H groups in total. The fourth-order valence-corrected chi connectivity index (χ4v) is 2.09. The number of hydrogen-bond acceptors (Lipinski definition) is 2. The molecular formula is C12H25ClN2O. The Labute approximate surface area is 105 Å². The average molecular weight is 249 g/mol. The van der Waals surface area contributed by atoms with Gasteiger partial charge in [0.25, 0.3) is 0 Å². The SMILES string of the molecule is CCC(C)C(=O)N(C)C1CCCNCC1.Cl. The lowest BCUT2D eigenvalue weighted by Gasteiger charge is -2.29. The number of nitrogens with zero attached hydrogens (tertiary/aromatic N) is 1. The van der Waals surface area contributed by atoms with E-state index in [0.717, 1.165) is 32.4 Å². The molecule has 1 heterocycles. The maximum Gasteiger partial charge on any atom is 0.225 e. The zero-order valence-corrected chi connectivity index (χ0v) is 11.5. The highest BCUT2D eigenvalue weighted by atomic mass is 35.5. The summed E-state index contributed by atoms with van der Waals surface area (Å²) in [5.41, 5.74) is 0. The minimum atomic E-state index is 0. The number of halogens is 1. The van der Waals surface area contributed by atoms with Gasteiger partial charge < -0.3 is 10.2 Å². The first-order valence-corrected chi connectivity index (χ1v) is 6.14. The fourth-order valence-electron chi connectivity index (χ4n) is 2.09. The summed E-state index contributed by atoms with van der Waals surface area (Å²) in [5.74, 6) is 0.482. The van der Waals surface area contributed by atoms with Gasteiger partial charge in [-0.05, 0) is 38.8 Å². The van der Waals surface area contributed by atoms with E-state index in [1.807, 2.05) is 18.9 Å². The molecular weight excluding hydrogens is 224 g/mol. The number of carbonyl (C=O) groups is 1. The molecule has 96 valence electrons. The molecule has 1 fully saturated rings. The van der Waals surface area contributed by atoms with E-state index in [4.69, 9.17) is 0 Å². The van der Waals surface area contributed by atoms with Gasteiger partial charge in [-0.15, -0.1) is 12.4 Å². The van der Waals surface area contributed by atoms with E-state index in [-0.39, 0.29) is 18.3 Å². The lowest BCUT2D eigenvalue weighted by molar-refractivity contribution is -0.136. The van der Waals surface area contributed by atoms with Crippen LogP contribution in [0.15, 0.2) is 0 Å². The summed E-state index contributed by atoms with van der Waals surface area (Å²) in [4.78, 5) is 14.0. The Morgan fingerprint density at radius 3 is 2.75 bits per heavy atom. The predicted octanol–water partition coefficient (Wildman–Crippen LogP) is 2.05. The van der Waals surface area contributed by atoms with Crippen LogP contribution in [0, 0.1) is 5.92 Å². The molecule has 0 radical (unpaired) electrons. The largest absolute Gasteiger partial charge is 0.342 e. The second-order valence-corrected chi connectivity index (χ2v) is 4.59. The van der Waals surface area contributed by atoms with Crippen molar-refractivity contribution in [2.45, 2.75) is 45.6 Å². The zero-order chi connectivity index (χ0) is 11.3. The first-order chi connectivity index (χ1) is 7.16. The van der Waals surface area contributed by atoms with Gasteiger partial charge in [-0.25, -0.2) is 0 Å². The van der Waals surface area contributed by atoms with Crippen molar-refractivity contribution in [1.82, 2.24) is 10.2 Å². The van der Waals surface area contributed by atoms with Crippen LogP contribution in [0.3, 0.4) is 0 Å². The smallest absolute Gasteiger partial charge is 0.225 e. The molecule has 0 bridgehead atoms. The Bertz CT molecular complexity index is 203. The third-order valence-electron chi connectivity index (χ3n) is 3.47. The molecule has 1 aliphatic heterocycles. The molecule has 1 rings (SSSR count). The molecule has 0 aromatic carbocycles. The fraction of sp³-hybridized carbons (Fsp3) is 0.917. The second-order valence-electron chi connectivity index (χ2n) is 4.59. The Morgan fingerprint density at radius 1 is 1.44 bits per heavy atom. The number of hydrogen-bond donors (Lipinski definition) is 1. The van der Waals surface area contributed by atoms with E-state index >= 15 is 0 Å². The molecule has 2 unspecified atom stereocenters. The summed E-state index contributed by atoms with van der Waals surface area (Å²) in [6.45, 7) is 6.24. The van der Waals surface area contributed by atoms with E-state index in [9.17, 15) is 4.79 Å². The molecule has 3 nitrogen and oxygen atoms in total. The van der Waals surface area contributed by atoms with E-state index in [1.54, 1.807) is 0 Å². The summed E-state index contributed by atoms with van der Waals surface area (Å²) in [5, 5.41) is 3.38. The average Bonchev–Trinajstić information content (AvgIpc) is 2.54. The lowest BCUT2D eigenvalue weighted by atomic mass is 10.0. The Morgan fingerprint density at radius 2 is 2.12 bits per heavy atom. The molecule has 1 saturated heterocycles. The maximum absolute atomic E-state index is 12.0. The van der Waals surface area contributed by atoms with Crippen molar-refractivity contribution in [2.24, 2.45) is 5.92 Å². The first-order valence-electron chi connectivity index (χ1n) is 6.14. The first kappa shape index (κ1) is 15.7. The lowest BCUT2D eigenvalue weighted by Crippen LogP contribution is -2.40. The van der Waals surface area contributed by atoms with Crippen LogP contribution in [0.2, 0.25) is 0 Å². The van der Waals surface area contributed by atoms with Gasteiger partial charge in [0.15, 0.2) is 0 Å². The molecule has 4 heteroatoms. The second kappa shape index (κ2) is 7.91. The van der Waals surface area contributed by atoms with Gasteiger partial charge in [-0.1, -0.05) is 13.8 Å². The number of carbonyl (C=O) groups excluding carboxylic acids is 1. The van der Waals surface area contributed by atoms with Crippen molar-refractivity contribution in [2.75, 3.05) is 20.1 Å². The highest BCUT2D eigenvalue weighted by Gasteiger charge is 2.23. The highest BCUT2D eigenvalue weighted by molar-refractivity contribution is 5.85. The van der Waals surface area contributed by atoms with Crippen LogP contribution >= 0.6 is 12.4 Å². The van der Waals surface area contributed by atoms with Gasteiger partial charge in [0.1, 0.15) is 0 Å². The van der Waals surface area contributed by atoms with Gasteiger partial charge in [0.2, 0.25) is 5.91 Å². The monoisotopic (exact) mass is 248 g/mol. The molecule has 0 aliphatic carbocycles. The van der Waals surface area contributed by atoms with Crippen LogP contribution in [-0.4, -0.2) is 37.0 Å². The molecule has 0 aromatic heterocycles. The minimum absolute atomic E-state index is 0. The Kier molecular flexibility index (Phi) is 7.77. The molecule has 2 atom stereocenters. The highest BCUT2D eigenvalue weighted by Crippen LogP contribution is 2.15. The van der Waals surface area contributed by atoms with E-state index in [1.165, 1.54) is 6.42 Å². The topological polar surface area (TPSA) is 32.3 Å². The van der Waals surface area contributed by atoms with E-state index in [2.05, 4.69) is 12.2 Å². The molecule has 0 saturated carbocycles. The quantitative estimate of drug-likeness (QED) is 0.829. The summed E-state index contributed by atoms with van der Waals surface area (Å²) < 4.78 is 0. The van der Waals surface area contributed by atoms with Crippen LogP contribution in [0.25, 0.3) is 0 Å². The Balaban J connectivity index is 0.00000225. The van der Waals surface area contributed by atoms with Crippen LogP contribution in [0.4, 0.5) is 0 Å². The van der Waals surface area contributed by atoms with Gasteiger partial charge in [-0.2, -0.15) is 0 Å². The summed E-state index contributed by atoms with van der Waals surface area (Å²) in [6.07, 6.45) is 4.36. The molecule has 0 spiro atoms. The van der Waals surface area contributed by atoms with Crippen molar-refractivity contribution < 1.29 is 4.79 Å². The molecule has 16 heavy (non-hydrogen) atoms. The standard InChI is InChI=1S/C12H24N2O.ClH/c1-4-10(2)12(15)14(3)11-6-5-8-13-9-7-11;/h10-11,13H,4-9H2,1-3H3;1H. The summed E-state index contributed by atoms with van der Waals surface area (Å²) in [7, 11) is 1.96. The number of rotatable bonds is 3. The van der Waals surface area contributed by atoms with Crippen molar-refractivity contribution in [3.05, 3.63) is 0 Å².